The average Bonchev–Trinajstić information content (AvgIpc) is 2.74. The first kappa shape index (κ1) is 22.5. The molecule has 0 atom stereocenters. The average molecular weight is 532 g/mol. The molecule has 0 spiro atoms. The minimum absolute atomic E-state index is 0.0951. The van der Waals surface area contributed by atoms with Crippen LogP contribution in [0.4, 0.5) is 11.4 Å². The number of hydrogen-bond donors (Lipinski definition) is 1. The van der Waals surface area contributed by atoms with Crippen LogP contribution in [-0.2, 0) is 6.61 Å². The van der Waals surface area contributed by atoms with Gasteiger partial charge in [-0.15, -0.1) is 0 Å². The standard InChI is InChI=1S/C23H21IN2O5/c1-3-30-21-12-17(23(27)25-18-5-4-6-19(13-18)26(28)29)11-20(24)22(21)31-14-16-9-7-15(2)8-10-16/h4-13H,3,14H2,1-2H3,(H,25,27). The Kier molecular flexibility index (Phi) is 7.45. The third-order valence-corrected chi connectivity index (χ3v) is 5.19. The van der Waals surface area contributed by atoms with Crippen LogP contribution in [0.5, 0.6) is 11.5 Å². The molecule has 3 aromatic rings. The number of nitro benzene ring substituents is 1. The summed E-state index contributed by atoms with van der Waals surface area (Å²) in [6.45, 7) is 4.66. The van der Waals surface area contributed by atoms with E-state index in [1.807, 2.05) is 38.1 Å². The van der Waals surface area contributed by atoms with E-state index in [4.69, 9.17) is 9.47 Å². The van der Waals surface area contributed by atoms with Crippen molar-refractivity contribution in [1.82, 2.24) is 0 Å². The van der Waals surface area contributed by atoms with Crippen LogP contribution in [-0.4, -0.2) is 17.4 Å². The highest BCUT2D eigenvalue weighted by atomic mass is 127. The Morgan fingerprint density at radius 2 is 1.84 bits per heavy atom. The summed E-state index contributed by atoms with van der Waals surface area (Å²) in [7, 11) is 0. The van der Waals surface area contributed by atoms with Gasteiger partial charge in [-0.3, -0.25) is 14.9 Å². The lowest BCUT2D eigenvalue weighted by atomic mass is 10.1. The summed E-state index contributed by atoms with van der Waals surface area (Å²) in [6, 6.07) is 17.2. The number of nitrogens with zero attached hydrogens (tertiary/aromatic N) is 1. The maximum absolute atomic E-state index is 12.7. The van der Waals surface area contributed by atoms with Crippen LogP contribution in [0.3, 0.4) is 0 Å². The van der Waals surface area contributed by atoms with E-state index < -0.39 is 10.8 Å². The molecule has 7 nitrogen and oxygen atoms in total. The Labute approximate surface area is 193 Å². The van der Waals surface area contributed by atoms with Gasteiger partial charge >= 0.3 is 0 Å². The lowest BCUT2D eigenvalue weighted by Gasteiger charge is -2.16. The van der Waals surface area contributed by atoms with E-state index in [1.165, 1.54) is 23.8 Å². The van der Waals surface area contributed by atoms with Crippen LogP contribution in [0.25, 0.3) is 0 Å². The van der Waals surface area contributed by atoms with Crippen molar-refractivity contribution in [3.05, 3.63) is 91.0 Å². The monoisotopic (exact) mass is 532 g/mol. The van der Waals surface area contributed by atoms with Gasteiger partial charge < -0.3 is 14.8 Å². The minimum Gasteiger partial charge on any atom is -0.490 e. The molecule has 31 heavy (non-hydrogen) atoms. The van der Waals surface area contributed by atoms with Crippen molar-refractivity contribution in [3.8, 4) is 11.5 Å². The second kappa shape index (κ2) is 10.3. The van der Waals surface area contributed by atoms with Crippen LogP contribution in [0.15, 0.2) is 60.7 Å². The Bertz CT molecular complexity index is 1100. The predicted molar refractivity (Wildman–Crippen MR) is 127 cm³/mol. The first-order valence-electron chi connectivity index (χ1n) is 9.58. The first-order valence-corrected chi connectivity index (χ1v) is 10.7. The molecule has 1 N–H and O–H groups in total. The predicted octanol–water partition coefficient (Wildman–Crippen LogP) is 5.74. The summed E-state index contributed by atoms with van der Waals surface area (Å²) in [5.74, 6) is 0.630. The quantitative estimate of drug-likeness (QED) is 0.227. The van der Waals surface area contributed by atoms with E-state index in [1.54, 1.807) is 18.2 Å². The number of nitro groups is 1. The number of non-ortho nitro benzene ring substituents is 1. The van der Waals surface area contributed by atoms with E-state index in [0.29, 0.717) is 36.0 Å². The zero-order chi connectivity index (χ0) is 22.4. The molecular formula is C23H21IN2O5. The van der Waals surface area contributed by atoms with E-state index >= 15 is 0 Å². The number of benzene rings is 3. The van der Waals surface area contributed by atoms with Gasteiger partial charge in [-0.05, 0) is 60.2 Å². The molecule has 0 bridgehead atoms. The number of nitrogens with one attached hydrogen (secondary N) is 1. The molecule has 8 heteroatoms. The topological polar surface area (TPSA) is 90.7 Å². The zero-order valence-corrected chi connectivity index (χ0v) is 19.2. The van der Waals surface area contributed by atoms with Gasteiger partial charge in [-0.1, -0.05) is 35.9 Å². The SMILES string of the molecule is CCOc1cc(C(=O)Nc2cccc([N+](=O)[O-])c2)cc(I)c1OCc1ccc(C)cc1. The van der Waals surface area contributed by atoms with Gasteiger partial charge in [0.15, 0.2) is 11.5 Å². The van der Waals surface area contributed by atoms with Gasteiger partial charge in [-0.25, -0.2) is 0 Å². The van der Waals surface area contributed by atoms with Gasteiger partial charge in [0.2, 0.25) is 0 Å². The second-order valence-corrected chi connectivity index (χ2v) is 7.92. The molecule has 0 saturated heterocycles. The number of amides is 1. The van der Waals surface area contributed by atoms with E-state index in [9.17, 15) is 14.9 Å². The molecule has 0 radical (unpaired) electrons. The summed E-state index contributed by atoms with van der Waals surface area (Å²) in [5, 5.41) is 13.6. The third kappa shape index (κ3) is 5.94. The normalized spacial score (nSPS) is 10.4. The molecule has 0 heterocycles. The number of aryl methyl sites for hydroxylation is 1. The third-order valence-electron chi connectivity index (χ3n) is 4.39. The molecule has 0 unspecified atom stereocenters. The van der Waals surface area contributed by atoms with Gasteiger partial charge in [-0.2, -0.15) is 0 Å². The molecule has 0 aliphatic heterocycles. The zero-order valence-electron chi connectivity index (χ0n) is 17.1. The molecule has 0 saturated carbocycles. The highest BCUT2D eigenvalue weighted by Gasteiger charge is 2.17. The van der Waals surface area contributed by atoms with Gasteiger partial charge in [0.1, 0.15) is 6.61 Å². The van der Waals surface area contributed by atoms with Crippen molar-refractivity contribution in [1.29, 1.82) is 0 Å². The van der Waals surface area contributed by atoms with Gasteiger partial charge in [0.05, 0.1) is 15.1 Å². The van der Waals surface area contributed by atoms with Crippen LogP contribution in [0.2, 0.25) is 0 Å². The maximum atomic E-state index is 12.7. The minimum atomic E-state index is -0.508. The highest BCUT2D eigenvalue weighted by molar-refractivity contribution is 14.1. The number of ether oxygens (including phenoxy) is 2. The van der Waals surface area contributed by atoms with Crippen LogP contribution >= 0.6 is 22.6 Å². The number of anilines is 1. The van der Waals surface area contributed by atoms with Gasteiger partial charge in [0, 0.05) is 23.4 Å². The smallest absolute Gasteiger partial charge is 0.271 e. The Balaban J connectivity index is 1.81. The van der Waals surface area contributed by atoms with Crippen molar-refractivity contribution in [3.63, 3.8) is 0 Å². The number of carbonyl (C=O) groups excluding carboxylic acids is 1. The molecule has 160 valence electrons. The number of hydrogen-bond acceptors (Lipinski definition) is 5. The van der Waals surface area contributed by atoms with Crippen LogP contribution < -0.4 is 14.8 Å². The Morgan fingerprint density at radius 1 is 1.10 bits per heavy atom. The van der Waals surface area contributed by atoms with Crippen molar-refractivity contribution < 1.29 is 19.2 Å². The number of rotatable bonds is 8. The Morgan fingerprint density at radius 3 is 2.52 bits per heavy atom. The van der Waals surface area contributed by atoms with E-state index in [2.05, 4.69) is 27.9 Å². The van der Waals surface area contributed by atoms with E-state index in [-0.39, 0.29) is 5.69 Å². The molecule has 0 fully saturated rings. The fraction of sp³-hybridized carbons (Fsp3) is 0.174. The fourth-order valence-corrected chi connectivity index (χ4v) is 3.60. The van der Waals surface area contributed by atoms with Crippen molar-refractivity contribution in [2.45, 2.75) is 20.5 Å². The van der Waals surface area contributed by atoms with Crippen LogP contribution in [0, 0.1) is 20.6 Å². The summed E-state index contributed by atoms with van der Waals surface area (Å²) in [5.41, 5.74) is 2.81. The van der Waals surface area contributed by atoms with Crippen LogP contribution in [0.1, 0.15) is 28.4 Å². The summed E-state index contributed by atoms with van der Waals surface area (Å²) in [4.78, 5) is 23.2. The number of halogens is 1. The lowest BCUT2D eigenvalue weighted by Crippen LogP contribution is -2.13. The molecule has 3 aromatic carbocycles. The molecular weight excluding hydrogens is 511 g/mol. The lowest BCUT2D eigenvalue weighted by molar-refractivity contribution is -0.384. The Hall–Kier alpha value is -3.14. The van der Waals surface area contributed by atoms with Gasteiger partial charge in [0.25, 0.3) is 11.6 Å². The molecule has 0 aliphatic rings. The largest absolute Gasteiger partial charge is 0.490 e. The van der Waals surface area contributed by atoms with Crippen molar-refractivity contribution in [2.24, 2.45) is 0 Å². The first-order chi connectivity index (χ1) is 14.9. The number of carbonyl (C=O) groups is 1. The molecule has 3 rings (SSSR count). The second-order valence-electron chi connectivity index (χ2n) is 6.75. The fourth-order valence-electron chi connectivity index (χ4n) is 2.84. The van der Waals surface area contributed by atoms with E-state index in [0.717, 1.165) is 9.13 Å². The molecule has 1 amide bonds. The van der Waals surface area contributed by atoms with Crippen molar-refractivity contribution in [2.75, 3.05) is 11.9 Å². The summed E-state index contributed by atoms with van der Waals surface area (Å²) in [6.07, 6.45) is 0. The molecule has 0 aromatic heterocycles. The maximum Gasteiger partial charge on any atom is 0.271 e. The summed E-state index contributed by atoms with van der Waals surface area (Å²) >= 11 is 2.10. The van der Waals surface area contributed by atoms with Crippen molar-refractivity contribution >= 4 is 39.9 Å². The molecule has 0 aliphatic carbocycles. The highest BCUT2D eigenvalue weighted by Crippen LogP contribution is 2.35. The summed E-state index contributed by atoms with van der Waals surface area (Å²) < 4.78 is 12.4.